The summed E-state index contributed by atoms with van der Waals surface area (Å²) in [6, 6.07) is 10.2. The first kappa shape index (κ1) is 16.7. The first-order valence-corrected chi connectivity index (χ1v) is 7.37. The van der Waals surface area contributed by atoms with Crippen LogP contribution in [-0.4, -0.2) is 24.9 Å². The molecule has 1 N–H and O–H groups in total. The number of hydrogen-bond donors (Lipinski definition) is 1. The molecule has 0 aliphatic carbocycles. The Hall–Kier alpha value is -3.20. The Morgan fingerprint density at radius 2 is 1.96 bits per heavy atom. The highest BCUT2D eigenvalue weighted by Crippen LogP contribution is 2.17. The Balaban J connectivity index is 2.21. The first-order chi connectivity index (χ1) is 11.9. The van der Waals surface area contributed by atoms with Gasteiger partial charge in [0.25, 0.3) is 5.49 Å². The molecule has 0 atom stereocenters. The van der Waals surface area contributed by atoms with Crippen molar-refractivity contribution >= 4 is 23.1 Å². The van der Waals surface area contributed by atoms with Gasteiger partial charge in [0, 0.05) is 5.02 Å². The molecule has 2 aromatic carbocycles. The van der Waals surface area contributed by atoms with Crippen molar-refractivity contribution < 1.29 is 14.5 Å². The van der Waals surface area contributed by atoms with Crippen molar-refractivity contribution in [1.29, 1.82) is 0 Å². The molecule has 1 heterocycles. The largest absolute Gasteiger partial charge is 0.438 e. The lowest BCUT2D eigenvalue weighted by molar-refractivity contribution is -0.391. The van der Waals surface area contributed by atoms with Gasteiger partial charge < -0.3 is 15.3 Å². The smallest absolute Gasteiger partial charge is 0.409 e. The average Bonchev–Trinajstić information content (AvgIpc) is 2.89. The van der Waals surface area contributed by atoms with Gasteiger partial charge in [-0.15, -0.1) is 0 Å². The van der Waals surface area contributed by atoms with Gasteiger partial charge in [0.2, 0.25) is 0 Å². The van der Waals surface area contributed by atoms with Gasteiger partial charge in [-0.2, -0.15) is 0 Å². The second kappa shape index (κ2) is 6.36. The summed E-state index contributed by atoms with van der Waals surface area (Å²) in [5.41, 5.74) is 0.390. The monoisotopic (exact) mass is 363 g/mol. The van der Waals surface area contributed by atoms with E-state index in [0.717, 1.165) is 10.9 Å². The average molecular weight is 364 g/mol. The zero-order valence-electron chi connectivity index (χ0n) is 12.8. The fourth-order valence-corrected chi connectivity index (χ4v) is 2.21. The molecule has 0 fully saturated rings. The SMILES string of the molecule is Cc1ccc(N=c2c([N+](=O)[O-])nn(-c3ccc(Cl)cc3)n2O)cc1F. The molecule has 0 aliphatic heterocycles. The number of halogens is 2. The van der Waals surface area contributed by atoms with Crippen LogP contribution in [0.15, 0.2) is 47.5 Å². The normalized spacial score (nSPS) is 11.7. The van der Waals surface area contributed by atoms with E-state index in [1.165, 1.54) is 36.4 Å². The quantitative estimate of drug-likeness (QED) is 0.439. The van der Waals surface area contributed by atoms with Crippen LogP contribution >= 0.6 is 11.6 Å². The van der Waals surface area contributed by atoms with Crippen molar-refractivity contribution in [2.75, 3.05) is 0 Å². The van der Waals surface area contributed by atoms with E-state index in [0.29, 0.717) is 21.1 Å². The third-order valence-corrected chi connectivity index (χ3v) is 3.63. The lowest BCUT2D eigenvalue weighted by atomic mass is 10.2. The molecule has 3 aromatic rings. The van der Waals surface area contributed by atoms with Crippen LogP contribution in [-0.2, 0) is 0 Å². The summed E-state index contributed by atoms with van der Waals surface area (Å²) in [4.78, 5) is 15.7. The van der Waals surface area contributed by atoms with Crippen LogP contribution in [0.5, 0.6) is 0 Å². The molecule has 0 unspecified atom stereocenters. The highest BCUT2D eigenvalue weighted by Gasteiger charge is 2.24. The molecule has 0 saturated carbocycles. The van der Waals surface area contributed by atoms with Gasteiger partial charge in [-0.25, -0.2) is 9.38 Å². The lowest BCUT2D eigenvalue weighted by Crippen LogP contribution is -2.22. The van der Waals surface area contributed by atoms with Gasteiger partial charge in [0.15, 0.2) is 0 Å². The van der Waals surface area contributed by atoms with Crippen LogP contribution in [0.4, 0.5) is 15.9 Å². The highest BCUT2D eigenvalue weighted by molar-refractivity contribution is 6.30. The Kier molecular flexibility index (Phi) is 4.24. The molecular formula is C15H11ClFN5O3. The Labute approximate surface area is 145 Å². The summed E-state index contributed by atoms with van der Waals surface area (Å²) in [7, 11) is 0. The fraction of sp³-hybridized carbons (Fsp3) is 0.0667. The minimum absolute atomic E-state index is 0.102. The summed E-state index contributed by atoms with van der Waals surface area (Å²) in [5, 5.41) is 25.7. The van der Waals surface area contributed by atoms with E-state index in [1.54, 1.807) is 6.92 Å². The number of hydrogen-bond acceptors (Lipinski definition) is 5. The maximum atomic E-state index is 13.7. The summed E-state index contributed by atoms with van der Waals surface area (Å²) in [6.45, 7) is 1.58. The molecule has 10 heteroatoms. The molecule has 0 saturated heterocycles. The van der Waals surface area contributed by atoms with Crippen LogP contribution < -0.4 is 5.49 Å². The van der Waals surface area contributed by atoms with Crippen molar-refractivity contribution in [3.8, 4) is 5.69 Å². The zero-order valence-corrected chi connectivity index (χ0v) is 13.6. The number of aryl methyl sites for hydroxylation is 1. The number of rotatable bonds is 3. The lowest BCUT2D eigenvalue weighted by Gasteiger charge is -2.00. The van der Waals surface area contributed by atoms with E-state index in [1.807, 2.05) is 0 Å². The molecule has 128 valence electrons. The minimum Gasteiger partial charge on any atom is -0.409 e. The molecule has 3 rings (SSSR count). The van der Waals surface area contributed by atoms with E-state index in [2.05, 4.69) is 10.1 Å². The van der Waals surface area contributed by atoms with Crippen LogP contribution in [0.3, 0.4) is 0 Å². The third kappa shape index (κ3) is 3.22. The molecule has 1 aromatic heterocycles. The minimum atomic E-state index is -0.789. The maximum Gasteiger partial charge on any atom is 0.438 e. The van der Waals surface area contributed by atoms with E-state index < -0.39 is 22.0 Å². The second-order valence-electron chi connectivity index (χ2n) is 5.10. The molecule has 0 aliphatic rings. The van der Waals surface area contributed by atoms with Crippen LogP contribution in [0, 0.1) is 22.9 Å². The standard InChI is InChI=1S/C15H11ClFN5O3/c1-9-2-5-11(8-13(9)17)18-14-15(22(24)25)19-20(21(14)23)12-6-3-10(16)4-7-12/h2-8,23H,1H3. The predicted octanol–water partition coefficient (Wildman–Crippen LogP) is 3.15. The van der Waals surface area contributed by atoms with Crippen molar-refractivity contribution in [1.82, 2.24) is 14.7 Å². The van der Waals surface area contributed by atoms with Gasteiger partial charge >= 0.3 is 5.82 Å². The Morgan fingerprint density at radius 1 is 1.28 bits per heavy atom. The Morgan fingerprint density at radius 3 is 2.56 bits per heavy atom. The van der Waals surface area contributed by atoms with Gasteiger partial charge in [-0.3, -0.25) is 0 Å². The van der Waals surface area contributed by atoms with Crippen LogP contribution in [0.25, 0.3) is 5.69 Å². The number of aromatic nitrogens is 3. The number of benzene rings is 2. The second-order valence-corrected chi connectivity index (χ2v) is 5.54. The van der Waals surface area contributed by atoms with Gasteiger partial charge in [0.1, 0.15) is 11.5 Å². The molecule has 0 radical (unpaired) electrons. The highest BCUT2D eigenvalue weighted by atomic mass is 35.5. The first-order valence-electron chi connectivity index (χ1n) is 6.99. The zero-order chi connectivity index (χ0) is 18.1. The van der Waals surface area contributed by atoms with Crippen LogP contribution in [0.2, 0.25) is 5.02 Å². The third-order valence-electron chi connectivity index (χ3n) is 3.38. The van der Waals surface area contributed by atoms with Gasteiger partial charge in [-0.05, 0) is 58.6 Å². The maximum absolute atomic E-state index is 13.7. The van der Waals surface area contributed by atoms with Crippen molar-refractivity contribution in [2.45, 2.75) is 6.92 Å². The number of nitro groups is 1. The van der Waals surface area contributed by atoms with Crippen molar-refractivity contribution in [2.24, 2.45) is 4.99 Å². The number of nitrogens with zero attached hydrogens (tertiary/aromatic N) is 5. The molecule has 25 heavy (non-hydrogen) atoms. The van der Waals surface area contributed by atoms with E-state index in [-0.39, 0.29) is 5.69 Å². The molecular weight excluding hydrogens is 353 g/mol. The van der Waals surface area contributed by atoms with Crippen molar-refractivity contribution in [3.05, 3.63) is 74.5 Å². The molecule has 8 nitrogen and oxygen atoms in total. The fourth-order valence-electron chi connectivity index (χ4n) is 2.08. The van der Waals surface area contributed by atoms with E-state index >= 15 is 0 Å². The summed E-state index contributed by atoms with van der Waals surface area (Å²) in [6.07, 6.45) is 0. The molecule has 0 amide bonds. The topological polar surface area (TPSA) is 98.5 Å². The molecule has 0 spiro atoms. The summed E-state index contributed by atoms with van der Waals surface area (Å²) in [5.74, 6) is -1.20. The van der Waals surface area contributed by atoms with Crippen molar-refractivity contribution in [3.63, 3.8) is 0 Å². The summed E-state index contributed by atoms with van der Waals surface area (Å²) < 4.78 is 13.7. The van der Waals surface area contributed by atoms with Crippen LogP contribution in [0.1, 0.15) is 5.56 Å². The van der Waals surface area contributed by atoms with E-state index in [9.17, 15) is 19.7 Å². The molecule has 0 bridgehead atoms. The van der Waals surface area contributed by atoms with Gasteiger partial charge in [-0.1, -0.05) is 22.5 Å². The Bertz CT molecular complexity index is 1030. The predicted molar refractivity (Wildman–Crippen MR) is 86.8 cm³/mol. The van der Waals surface area contributed by atoms with E-state index in [4.69, 9.17) is 11.6 Å². The van der Waals surface area contributed by atoms with Gasteiger partial charge in [0.05, 0.1) is 10.8 Å². The summed E-state index contributed by atoms with van der Waals surface area (Å²) >= 11 is 5.80.